The summed E-state index contributed by atoms with van der Waals surface area (Å²) in [7, 11) is 0. The van der Waals surface area contributed by atoms with E-state index in [0.29, 0.717) is 5.56 Å². The topological polar surface area (TPSA) is 0 Å². The van der Waals surface area contributed by atoms with E-state index in [-0.39, 0.29) is 11.2 Å². The third-order valence-electron chi connectivity index (χ3n) is 1.96. The average Bonchev–Trinajstić information content (AvgIpc) is 2.32. The summed E-state index contributed by atoms with van der Waals surface area (Å²) in [6.45, 7) is 0. The van der Waals surface area contributed by atoms with E-state index in [4.69, 9.17) is 23.2 Å². The van der Waals surface area contributed by atoms with Crippen LogP contribution in [-0.2, 0) is 0 Å². The van der Waals surface area contributed by atoms with Gasteiger partial charge in [0.2, 0.25) is 0 Å². The number of rotatable bonds is 1. The summed E-state index contributed by atoms with van der Waals surface area (Å²) in [5.74, 6) is -0.172. The van der Waals surface area contributed by atoms with Gasteiger partial charge in [-0.05, 0) is 11.6 Å². The third kappa shape index (κ3) is 3.84. The molecular formula is C13H11Cl2F. The van der Waals surface area contributed by atoms with Crippen molar-refractivity contribution in [1.82, 2.24) is 0 Å². The van der Waals surface area contributed by atoms with Crippen LogP contribution in [0.4, 0.5) is 4.39 Å². The van der Waals surface area contributed by atoms with Crippen molar-refractivity contribution in [3.8, 4) is 11.1 Å². The summed E-state index contributed by atoms with van der Waals surface area (Å²) < 4.78 is 13.3. The Hall–Kier alpha value is -1.05. The molecule has 0 nitrogen and oxygen atoms in total. The van der Waals surface area contributed by atoms with Crippen LogP contribution in [0.5, 0.6) is 0 Å². The van der Waals surface area contributed by atoms with Gasteiger partial charge in [-0.25, -0.2) is 4.39 Å². The molecule has 0 bridgehead atoms. The Morgan fingerprint density at radius 3 is 1.88 bits per heavy atom. The first-order valence-electron chi connectivity index (χ1n) is 4.71. The Kier molecular flexibility index (Phi) is 5.91. The highest BCUT2D eigenvalue weighted by Gasteiger charge is 2.01. The Balaban J connectivity index is 0.000000386. The van der Waals surface area contributed by atoms with Crippen LogP contribution >= 0.6 is 23.2 Å². The highest BCUT2D eigenvalue weighted by Crippen LogP contribution is 2.21. The smallest absolute Gasteiger partial charge is 0.131 e. The van der Waals surface area contributed by atoms with Gasteiger partial charge >= 0.3 is 0 Å². The molecule has 0 fully saturated rings. The Bertz CT molecular complexity index is 415. The van der Waals surface area contributed by atoms with E-state index in [9.17, 15) is 4.39 Å². The van der Waals surface area contributed by atoms with Crippen molar-refractivity contribution in [1.29, 1.82) is 0 Å². The van der Waals surface area contributed by atoms with Crippen LogP contribution in [0.1, 0.15) is 0 Å². The van der Waals surface area contributed by atoms with Gasteiger partial charge in [-0.15, -0.1) is 23.2 Å². The van der Waals surface area contributed by atoms with Crippen molar-refractivity contribution in [2.75, 3.05) is 5.34 Å². The lowest BCUT2D eigenvalue weighted by Crippen LogP contribution is -1.81. The molecule has 0 aromatic heterocycles. The van der Waals surface area contributed by atoms with Crippen LogP contribution in [-0.4, -0.2) is 5.34 Å². The van der Waals surface area contributed by atoms with Gasteiger partial charge in [0.15, 0.2) is 0 Å². The second-order valence-electron chi connectivity index (χ2n) is 2.95. The molecule has 0 amide bonds. The van der Waals surface area contributed by atoms with Crippen LogP contribution in [0, 0.1) is 5.82 Å². The largest absolute Gasteiger partial charge is 0.206 e. The summed E-state index contributed by atoms with van der Waals surface area (Å²) in [4.78, 5) is 0. The number of benzene rings is 2. The molecular weight excluding hydrogens is 246 g/mol. The molecule has 2 aromatic rings. The molecule has 0 aliphatic heterocycles. The zero-order valence-corrected chi connectivity index (χ0v) is 10.0. The van der Waals surface area contributed by atoms with E-state index in [1.165, 1.54) is 6.07 Å². The van der Waals surface area contributed by atoms with Crippen LogP contribution in [0.25, 0.3) is 11.1 Å². The zero-order chi connectivity index (χ0) is 11.8. The molecule has 0 radical (unpaired) electrons. The van der Waals surface area contributed by atoms with Crippen molar-refractivity contribution >= 4 is 23.2 Å². The molecule has 0 atom stereocenters. The SMILES string of the molecule is ClCCl.Fc1ccccc1-c1ccccc1. The van der Waals surface area contributed by atoms with Crippen LogP contribution in [0.2, 0.25) is 0 Å². The van der Waals surface area contributed by atoms with E-state index < -0.39 is 0 Å². The molecule has 0 N–H and O–H groups in total. The van der Waals surface area contributed by atoms with Crippen LogP contribution in [0.15, 0.2) is 54.6 Å². The molecule has 0 aliphatic carbocycles. The van der Waals surface area contributed by atoms with Gasteiger partial charge in [0.1, 0.15) is 5.82 Å². The maximum atomic E-state index is 13.3. The van der Waals surface area contributed by atoms with Crippen molar-refractivity contribution < 1.29 is 4.39 Å². The zero-order valence-electron chi connectivity index (χ0n) is 8.54. The van der Waals surface area contributed by atoms with Gasteiger partial charge in [0.25, 0.3) is 0 Å². The lowest BCUT2D eigenvalue weighted by molar-refractivity contribution is 0.631. The molecule has 0 saturated carbocycles. The fourth-order valence-electron chi connectivity index (χ4n) is 1.31. The van der Waals surface area contributed by atoms with E-state index in [0.717, 1.165) is 5.56 Å². The standard InChI is InChI=1S/C12H9F.CH2Cl2/c13-12-9-5-4-8-11(12)10-6-2-1-3-7-10;2-1-3/h1-9H;1H2. The number of hydrogen-bond acceptors (Lipinski definition) is 0. The molecule has 2 aromatic carbocycles. The Morgan fingerprint density at radius 1 is 0.812 bits per heavy atom. The highest BCUT2D eigenvalue weighted by molar-refractivity contribution is 6.40. The quantitative estimate of drug-likeness (QED) is 0.636. The first-order chi connectivity index (χ1) is 7.79. The van der Waals surface area contributed by atoms with Crippen molar-refractivity contribution in [3.63, 3.8) is 0 Å². The third-order valence-corrected chi connectivity index (χ3v) is 1.96. The second-order valence-corrected chi connectivity index (χ2v) is 3.76. The van der Waals surface area contributed by atoms with Crippen molar-refractivity contribution in [3.05, 3.63) is 60.4 Å². The van der Waals surface area contributed by atoms with E-state index >= 15 is 0 Å². The van der Waals surface area contributed by atoms with Gasteiger partial charge in [-0.2, -0.15) is 0 Å². The summed E-state index contributed by atoms with van der Waals surface area (Å²) in [5, 5.41) is 0.194. The summed E-state index contributed by atoms with van der Waals surface area (Å²) >= 11 is 9.53. The summed E-state index contributed by atoms with van der Waals surface area (Å²) in [5.41, 5.74) is 1.57. The first-order valence-corrected chi connectivity index (χ1v) is 5.78. The molecule has 16 heavy (non-hydrogen) atoms. The molecule has 0 heterocycles. The lowest BCUT2D eigenvalue weighted by atomic mass is 10.1. The lowest BCUT2D eigenvalue weighted by Gasteiger charge is -2.01. The molecule has 0 saturated heterocycles. The fraction of sp³-hybridized carbons (Fsp3) is 0.0769. The summed E-state index contributed by atoms with van der Waals surface area (Å²) in [6.07, 6.45) is 0. The number of halogens is 3. The van der Waals surface area contributed by atoms with Crippen LogP contribution < -0.4 is 0 Å². The molecule has 0 spiro atoms. The number of alkyl halides is 2. The monoisotopic (exact) mass is 256 g/mol. The van der Waals surface area contributed by atoms with Crippen molar-refractivity contribution in [2.24, 2.45) is 0 Å². The fourth-order valence-corrected chi connectivity index (χ4v) is 1.31. The minimum absolute atomic E-state index is 0.172. The van der Waals surface area contributed by atoms with E-state index in [1.807, 2.05) is 36.4 Å². The van der Waals surface area contributed by atoms with Crippen molar-refractivity contribution in [2.45, 2.75) is 0 Å². The Morgan fingerprint density at radius 2 is 1.31 bits per heavy atom. The maximum absolute atomic E-state index is 13.3. The minimum atomic E-state index is -0.172. The van der Waals surface area contributed by atoms with Gasteiger partial charge in [0.05, 0.1) is 5.34 Å². The highest BCUT2D eigenvalue weighted by atomic mass is 35.5. The molecule has 0 aliphatic rings. The normalized spacial score (nSPS) is 9.19. The maximum Gasteiger partial charge on any atom is 0.131 e. The molecule has 3 heteroatoms. The Labute approximate surface area is 105 Å². The number of hydrogen-bond donors (Lipinski definition) is 0. The van der Waals surface area contributed by atoms with Gasteiger partial charge in [-0.1, -0.05) is 48.5 Å². The van der Waals surface area contributed by atoms with E-state index in [1.54, 1.807) is 12.1 Å². The molecule has 84 valence electrons. The average molecular weight is 257 g/mol. The second kappa shape index (κ2) is 7.26. The first kappa shape index (κ1) is 13.0. The van der Waals surface area contributed by atoms with Gasteiger partial charge < -0.3 is 0 Å². The molecule has 2 rings (SSSR count). The summed E-state index contributed by atoms with van der Waals surface area (Å²) in [6, 6.07) is 16.3. The predicted molar refractivity (Wildman–Crippen MR) is 68.4 cm³/mol. The minimum Gasteiger partial charge on any atom is -0.206 e. The van der Waals surface area contributed by atoms with Gasteiger partial charge in [0, 0.05) is 5.56 Å². The van der Waals surface area contributed by atoms with Gasteiger partial charge in [-0.3, -0.25) is 0 Å². The van der Waals surface area contributed by atoms with E-state index in [2.05, 4.69) is 0 Å². The van der Waals surface area contributed by atoms with Crippen LogP contribution in [0.3, 0.4) is 0 Å². The predicted octanol–water partition coefficient (Wildman–Crippen LogP) is 4.91. The molecule has 0 unspecified atom stereocenters.